The predicted octanol–water partition coefficient (Wildman–Crippen LogP) is 8.34. The summed E-state index contributed by atoms with van der Waals surface area (Å²) >= 11 is 5.68. The summed E-state index contributed by atoms with van der Waals surface area (Å²) in [5.41, 5.74) is 4.01. The maximum Gasteiger partial charge on any atom is 0.407 e. The molecule has 0 aliphatic carbocycles. The van der Waals surface area contributed by atoms with Crippen LogP contribution in [0.5, 0.6) is 5.75 Å². The van der Waals surface area contributed by atoms with Crippen molar-refractivity contribution in [2.75, 3.05) is 98.2 Å². The van der Waals surface area contributed by atoms with Gasteiger partial charge in [-0.05, 0) is 66.1 Å². The number of hydrogen-bond donors (Lipinski definition) is 1. The Morgan fingerprint density at radius 1 is 0.761 bits per heavy atom. The number of alkyl halides is 1. The lowest BCUT2D eigenvalue weighted by molar-refractivity contribution is -0.145. The molecule has 4 aromatic rings. The average molecular weight is 948 g/mol. The first-order valence-corrected chi connectivity index (χ1v) is 24.3. The molecule has 0 radical (unpaired) electrons. The van der Waals surface area contributed by atoms with Gasteiger partial charge in [0.1, 0.15) is 31.4 Å². The second-order valence-corrected chi connectivity index (χ2v) is 17.8. The molecule has 5 rings (SSSR count). The number of unbranched alkanes of at least 4 members (excludes halogenated alkanes) is 3. The molecule has 3 aromatic carbocycles. The van der Waals surface area contributed by atoms with E-state index in [4.69, 9.17) is 49.9 Å². The van der Waals surface area contributed by atoms with E-state index in [2.05, 4.69) is 37.1 Å². The van der Waals surface area contributed by atoms with E-state index in [0.717, 1.165) is 110 Å². The van der Waals surface area contributed by atoms with Gasteiger partial charge in [0.05, 0.1) is 56.7 Å². The van der Waals surface area contributed by atoms with Crippen LogP contribution in [-0.4, -0.2) is 131 Å². The fraction of sp³-hybridized carbons (Fsp3) is 0.538. The summed E-state index contributed by atoms with van der Waals surface area (Å²) in [7, 11) is 0. The van der Waals surface area contributed by atoms with Gasteiger partial charge in [-0.3, -0.25) is 14.5 Å². The van der Waals surface area contributed by atoms with Crippen molar-refractivity contribution in [1.29, 1.82) is 0 Å². The number of carbonyl (C=O) groups excluding carboxylic acids is 3. The van der Waals surface area contributed by atoms with E-state index in [9.17, 15) is 14.4 Å². The number of hydrogen-bond acceptors (Lipinski definition) is 12. The highest BCUT2D eigenvalue weighted by atomic mass is 35.5. The van der Waals surface area contributed by atoms with E-state index in [-0.39, 0.29) is 69.4 Å². The van der Waals surface area contributed by atoms with Crippen LogP contribution in [0.15, 0.2) is 78.9 Å². The number of ketones is 1. The van der Waals surface area contributed by atoms with E-state index in [1.165, 1.54) is 0 Å². The fourth-order valence-corrected chi connectivity index (χ4v) is 7.54. The van der Waals surface area contributed by atoms with Crippen molar-refractivity contribution in [3.8, 4) is 11.4 Å². The quantitative estimate of drug-likeness (QED) is 0.0224. The molecule has 1 saturated heterocycles. The van der Waals surface area contributed by atoms with Crippen LogP contribution in [0.4, 0.5) is 4.79 Å². The molecule has 1 amide bonds. The van der Waals surface area contributed by atoms with Crippen molar-refractivity contribution < 1.29 is 47.5 Å². The Bertz CT molecular complexity index is 2130. The molecule has 2 heterocycles. The summed E-state index contributed by atoms with van der Waals surface area (Å²) in [4.78, 5) is 40.7. The normalized spacial score (nSPS) is 13.3. The van der Waals surface area contributed by atoms with Gasteiger partial charge in [0, 0.05) is 75.3 Å². The average Bonchev–Trinajstić information content (AvgIpc) is 3.76. The molecule has 1 aliphatic rings. The molecule has 1 aromatic heterocycles. The number of aromatic nitrogens is 2. The Morgan fingerprint density at radius 3 is 2.30 bits per heavy atom. The zero-order valence-corrected chi connectivity index (χ0v) is 40.5. The molecule has 1 N–H and O–H groups in total. The first-order chi connectivity index (χ1) is 32.6. The molecular formula is C52H71ClN4O10. The van der Waals surface area contributed by atoms with Gasteiger partial charge in [-0.1, -0.05) is 82.2 Å². The number of nitrogens with zero attached hydrogens (tertiary/aromatic N) is 3. The highest BCUT2D eigenvalue weighted by molar-refractivity contribution is 6.17. The molecule has 1 fully saturated rings. The van der Waals surface area contributed by atoms with Gasteiger partial charge in [0.15, 0.2) is 0 Å². The maximum atomic E-state index is 13.9. The number of Topliss-reactive ketones (excluding diaryl/α,β-unsaturated/α-hetero) is 1. The van der Waals surface area contributed by atoms with Crippen molar-refractivity contribution >= 4 is 40.2 Å². The highest BCUT2D eigenvalue weighted by Gasteiger charge is 2.23. The second-order valence-electron chi connectivity index (χ2n) is 17.5. The number of amides is 1. The van der Waals surface area contributed by atoms with E-state index in [0.29, 0.717) is 38.7 Å². The minimum atomic E-state index is -0.563. The molecule has 15 heteroatoms. The lowest BCUT2D eigenvalue weighted by Crippen LogP contribution is -2.38. The molecule has 14 nitrogen and oxygen atoms in total. The van der Waals surface area contributed by atoms with E-state index >= 15 is 0 Å². The topological polar surface area (TPSA) is 149 Å². The number of ether oxygens (including phenoxy) is 7. The molecule has 366 valence electrons. The van der Waals surface area contributed by atoms with Gasteiger partial charge in [-0.25, -0.2) is 9.48 Å². The van der Waals surface area contributed by atoms with Crippen molar-refractivity contribution in [2.24, 2.45) is 0 Å². The molecule has 0 spiro atoms. The summed E-state index contributed by atoms with van der Waals surface area (Å²) in [6.07, 6.45) is 8.52. The molecule has 0 unspecified atom stereocenters. The van der Waals surface area contributed by atoms with Crippen molar-refractivity contribution in [1.82, 2.24) is 20.0 Å². The van der Waals surface area contributed by atoms with Crippen LogP contribution in [0.3, 0.4) is 0 Å². The van der Waals surface area contributed by atoms with E-state index < -0.39 is 6.09 Å². The summed E-state index contributed by atoms with van der Waals surface area (Å²) in [5, 5.41) is 9.77. The number of rotatable bonds is 31. The summed E-state index contributed by atoms with van der Waals surface area (Å²) in [6, 6.07) is 21.8. The van der Waals surface area contributed by atoms with Crippen LogP contribution in [0.1, 0.15) is 81.8 Å². The Morgan fingerprint density at radius 2 is 1.51 bits per heavy atom. The number of morpholine rings is 1. The number of halogens is 1. The number of nitrogens with one attached hydrogen (secondary N) is 1. The van der Waals surface area contributed by atoms with Gasteiger partial charge >= 0.3 is 12.1 Å². The zero-order valence-electron chi connectivity index (χ0n) is 39.8. The van der Waals surface area contributed by atoms with Crippen molar-refractivity contribution in [3.63, 3.8) is 0 Å². The smallest absolute Gasteiger partial charge is 0.407 e. The first-order valence-electron chi connectivity index (χ1n) is 23.7. The van der Waals surface area contributed by atoms with Gasteiger partial charge in [0.25, 0.3) is 0 Å². The largest absolute Gasteiger partial charge is 0.492 e. The van der Waals surface area contributed by atoms with Crippen molar-refractivity contribution in [3.05, 3.63) is 101 Å². The highest BCUT2D eigenvalue weighted by Crippen LogP contribution is 2.30. The number of carbonyl (C=O) groups is 3. The van der Waals surface area contributed by atoms with Crippen molar-refractivity contribution in [2.45, 2.75) is 84.1 Å². The Balaban J connectivity index is 0.996. The summed E-state index contributed by atoms with van der Waals surface area (Å²) in [5.74, 6) is 1.31. The second kappa shape index (κ2) is 29.8. The molecule has 0 bridgehead atoms. The van der Waals surface area contributed by atoms with Crippen LogP contribution in [0.25, 0.3) is 16.5 Å². The molecule has 0 atom stereocenters. The van der Waals surface area contributed by atoms with Gasteiger partial charge in [-0.2, -0.15) is 5.10 Å². The molecule has 1 aliphatic heterocycles. The zero-order chi connectivity index (χ0) is 47.5. The standard InChI is InChI=1S/C52H71ClN4O10/c1-52(2,3)49-39-44(38-45(58)37-42-19-20-48(47-17-7-6-16-46(42)47)65-31-24-56-22-29-64-30-23-56)57(55-49)43-15-12-14-41(36-43)40-54-51(60)67-28-11-10-26-62-34-35-66-50(59)18-13-27-63-33-32-61-25-9-5-4-8-21-53/h6-7,10-12,14-17,19-20,36,39H,4-5,8-9,13,18,21-35,37-38,40H2,1-3H3,(H,54,60)/b11-10-. The monoisotopic (exact) mass is 946 g/mol. The minimum absolute atomic E-state index is 0.0662. The lowest BCUT2D eigenvalue weighted by Gasteiger charge is -2.26. The van der Waals surface area contributed by atoms with E-state index in [1.54, 1.807) is 12.2 Å². The predicted molar refractivity (Wildman–Crippen MR) is 261 cm³/mol. The van der Waals surface area contributed by atoms with Crippen LogP contribution in [0.2, 0.25) is 0 Å². The van der Waals surface area contributed by atoms with Crippen LogP contribution in [0, 0.1) is 0 Å². The van der Waals surface area contributed by atoms with E-state index in [1.807, 2.05) is 65.3 Å². The SMILES string of the molecule is CC(C)(C)c1cc(CC(=O)Cc2ccc(OCCN3CCOCC3)c3ccccc23)n(-c2cccc(CNC(=O)OC/C=C\COCCOC(=O)CCCOCCOCCCCCCCl)c2)n1. The minimum Gasteiger partial charge on any atom is -0.492 e. The third kappa shape index (κ3) is 19.7. The summed E-state index contributed by atoms with van der Waals surface area (Å²) < 4.78 is 40.6. The Labute approximate surface area is 401 Å². The Kier molecular flexibility index (Phi) is 23.7. The first kappa shape index (κ1) is 53.1. The number of esters is 1. The number of alkyl carbamates (subject to hydrolysis) is 1. The third-order valence-electron chi connectivity index (χ3n) is 11.0. The summed E-state index contributed by atoms with van der Waals surface area (Å²) in [6.45, 7) is 14.3. The number of benzene rings is 3. The van der Waals surface area contributed by atoms with Crippen LogP contribution in [-0.2, 0) is 62.8 Å². The van der Waals surface area contributed by atoms with Gasteiger partial charge < -0.3 is 38.5 Å². The Hall–Kier alpha value is -4.83. The third-order valence-corrected chi connectivity index (χ3v) is 11.3. The molecule has 67 heavy (non-hydrogen) atoms. The number of fused-ring (bicyclic) bond motifs is 1. The fourth-order valence-electron chi connectivity index (χ4n) is 7.35. The van der Waals surface area contributed by atoms with Gasteiger partial charge in [-0.15, -0.1) is 11.6 Å². The lowest BCUT2D eigenvalue weighted by atomic mass is 9.92. The van der Waals surface area contributed by atoms with Crippen LogP contribution < -0.4 is 10.1 Å². The molecular weight excluding hydrogens is 876 g/mol. The maximum absolute atomic E-state index is 13.9. The molecule has 0 saturated carbocycles. The van der Waals surface area contributed by atoms with Gasteiger partial charge in [0.2, 0.25) is 0 Å². The van der Waals surface area contributed by atoms with Crippen LogP contribution >= 0.6 is 11.6 Å².